The van der Waals surface area contributed by atoms with E-state index in [-0.39, 0.29) is 0 Å². The number of nitrogens with zero attached hydrogens (tertiary/aromatic N) is 2. The first-order valence-electron chi connectivity index (χ1n) is 8.51. The van der Waals surface area contributed by atoms with E-state index in [4.69, 9.17) is 0 Å². The highest BCUT2D eigenvalue weighted by molar-refractivity contribution is 4.95. The number of likely N-dealkylation sites (tertiary alicyclic amines) is 2. The van der Waals surface area contributed by atoms with E-state index < -0.39 is 0 Å². The Labute approximate surface area is 118 Å². The third kappa shape index (κ3) is 3.32. The fraction of sp³-hybridized carbons (Fsp3) is 1.00. The van der Waals surface area contributed by atoms with E-state index in [0.29, 0.717) is 0 Å². The summed E-state index contributed by atoms with van der Waals surface area (Å²) in [5.74, 6) is 0. The van der Waals surface area contributed by atoms with Crippen molar-refractivity contribution in [3.05, 3.63) is 0 Å². The number of hydrogen-bond donors (Lipinski definition) is 1. The average molecular weight is 265 g/mol. The van der Waals surface area contributed by atoms with E-state index in [9.17, 15) is 0 Å². The first-order valence-corrected chi connectivity index (χ1v) is 8.51. The highest BCUT2D eigenvalue weighted by atomic mass is 15.3. The van der Waals surface area contributed by atoms with Crippen LogP contribution in [0.2, 0.25) is 0 Å². The van der Waals surface area contributed by atoms with Crippen molar-refractivity contribution in [2.75, 3.05) is 26.2 Å². The van der Waals surface area contributed by atoms with Gasteiger partial charge in [-0.25, -0.2) is 0 Å². The molecule has 0 radical (unpaired) electrons. The van der Waals surface area contributed by atoms with Crippen molar-refractivity contribution in [2.24, 2.45) is 0 Å². The van der Waals surface area contributed by atoms with E-state index in [1.54, 1.807) is 0 Å². The van der Waals surface area contributed by atoms with E-state index in [0.717, 1.165) is 24.2 Å². The molecular formula is C16H31N3. The summed E-state index contributed by atoms with van der Waals surface area (Å²) in [6.45, 7) is 9.91. The van der Waals surface area contributed by atoms with E-state index in [1.807, 2.05) is 0 Å². The van der Waals surface area contributed by atoms with Crippen molar-refractivity contribution < 1.29 is 0 Å². The lowest BCUT2D eigenvalue weighted by molar-refractivity contribution is 0.0896. The maximum Gasteiger partial charge on any atom is 0.0238 e. The molecule has 0 aromatic rings. The van der Waals surface area contributed by atoms with E-state index >= 15 is 0 Å². The maximum absolute atomic E-state index is 3.71. The van der Waals surface area contributed by atoms with E-state index in [2.05, 4.69) is 29.0 Å². The number of nitrogens with one attached hydrogen (secondary N) is 1. The highest BCUT2D eigenvalue weighted by Gasteiger charge is 2.38. The van der Waals surface area contributed by atoms with Crippen LogP contribution in [0.3, 0.4) is 0 Å². The number of piperidine rings is 1. The molecular weight excluding hydrogens is 234 g/mol. The summed E-state index contributed by atoms with van der Waals surface area (Å²) in [6.07, 6.45) is 8.29. The molecule has 1 N–H and O–H groups in total. The SMILES string of the molecule is CCCNC1CCN(C2CCN(C3CC3)C2)C(C)C1. The van der Waals surface area contributed by atoms with Crippen LogP contribution in [0.25, 0.3) is 0 Å². The lowest BCUT2D eigenvalue weighted by Gasteiger charge is -2.41. The lowest BCUT2D eigenvalue weighted by Crippen LogP contribution is -2.52. The Kier molecular flexibility index (Phi) is 4.45. The number of hydrogen-bond acceptors (Lipinski definition) is 3. The van der Waals surface area contributed by atoms with Crippen molar-refractivity contribution >= 4 is 0 Å². The molecule has 3 aliphatic rings. The second kappa shape index (κ2) is 6.11. The molecule has 3 heteroatoms. The minimum Gasteiger partial charge on any atom is -0.314 e. The molecule has 2 heterocycles. The largest absolute Gasteiger partial charge is 0.314 e. The second-order valence-corrected chi connectivity index (χ2v) is 6.93. The van der Waals surface area contributed by atoms with Crippen LogP contribution in [0.5, 0.6) is 0 Å². The minimum absolute atomic E-state index is 0.770. The van der Waals surface area contributed by atoms with Gasteiger partial charge in [0.2, 0.25) is 0 Å². The van der Waals surface area contributed by atoms with Crippen LogP contribution in [-0.4, -0.2) is 60.1 Å². The summed E-state index contributed by atoms with van der Waals surface area (Å²) in [5, 5.41) is 3.71. The fourth-order valence-corrected chi connectivity index (χ4v) is 4.08. The van der Waals surface area contributed by atoms with Gasteiger partial charge in [0.25, 0.3) is 0 Å². The van der Waals surface area contributed by atoms with Crippen LogP contribution in [0.15, 0.2) is 0 Å². The quantitative estimate of drug-likeness (QED) is 0.821. The van der Waals surface area contributed by atoms with Crippen molar-refractivity contribution in [3.63, 3.8) is 0 Å². The molecule has 3 unspecified atom stereocenters. The summed E-state index contributed by atoms with van der Waals surface area (Å²) in [5.41, 5.74) is 0. The van der Waals surface area contributed by atoms with Crippen molar-refractivity contribution in [1.82, 2.24) is 15.1 Å². The summed E-state index contributed by atoms with van der Waals surface area (Å²) in [6, 6.07) is 3.35. The van der Waals surface area contributed by atoms with Crippen molar-refractivity contribution in [1.29, 1.82) is 0 Å². The normalized spacial score (nSPS) is 37.9. The molecule has 1 aliphatic carbocycles. The third-order valence-electron chi connectivity index (χ3n) is 5.34. The highest BCUT2D eigenvalue weighted by Crippen LogP contribution is 2.32. The standard InChI is InChI=1S/C16H31N3/c1-3-8-17-14-6-10-19(13(2)11-14)16-7-9-18(12-16)15-4-5-15/h13-17H,3-12H2,1-2H3. The molecule has 0 aromatic carbocycles. The molecule has 3 nitrogen and oxygen atoms in total. The minimum atomic E-state index is 0.770. The summed E-state index contributed by atoms with van der Waals surface area (Å²) < 4.78 is 0. The van der Waals surface area contributed by atoms with Gasteiger partial charge in [-0.05, 0) is 52.0 Å². The third-order valence-corrected chi connectivity index (χ3v) is 5.34. The first-order chi connectivity index (χ1) is 9.28. The van der Waals surface area contributed by atoms with Crippen LogP contribution in [0, 0.1) is 0 Å². The van der Waals surface area contributed by atoms with Crippen molar-refractivity contribution in [2.45, 2.75) is 76.5 Å². The van der Waals surface area contributed by atoms with Gasteiger partial charge in [-0.3, -0.25) is 9.80 Å². The Morgan fingerprint density at radius 2 is 1.89 bits per heavy atom. The van der Waals surface area contributed by atoms with Crippen LogP contribution in [-0.2, 0) is 0 Å². The molecule has 3 rings (SSSR count). The van der Waals surface area contributed by atoms with Crippen LogP contribution < -0.4 is 5.32 Å². The molecule has 1 saturated carbocycles. The maximum atomic E-state index is 3.71. The molecule has 110 valence electrons. The summed E-state index contributed by atoms with van der Waals surface area (Å²) in [4.78, 5) is 5.56. The molecule has 0 bridgehead atoms. The lowest BCUT2D eigenvalue weighted by atomic mass is 9.96. The zero-order valence-corrected chi connectivity index (χ0v) is 12.8. The molecule has 3 atom stereocenters. The van der Waals surface area contributed by atoms with Gasteiger partial charge < -0.3 is 5.32 Å². The fourth-order valence-electron chi connectivity index (χ4n) is 4.08. The Bertz CT molecular complexity index is 290. The Hall–Kier alpha value is -0.120. The van der Waals surface area contributed by atoms with Gasteiger partial charge >= 0.3 is 0 Å². The summed E-state index contributed by atoms with van der Waals surface area (Å²) >= 11 is 0. The molecule has 0 aromatic heterocycles. The Balaban J connectivity index is 1.47. The monoisotopic (exact) mass is 265 g/mol. The molecule has 3 fully saturated rings. The van der Waals surface area contributed by atoms with Gasteiger partial charge in [0.05, 0.1) is 0 Å². The van der Waals surface area contributed by atoms with Gasteiger partial charge in [0.15, 0.2) is 0 Å². The van der Waals surface area contributed by atoms with Gasteiger partial charge in [-0.15, -0.1) is 0 Å². The zero-order valence-electron chi connectivity index (χ0n) is 12.8. The van der Waals surface area contributed by atoms with Gasteiger partial charge in [0.1, 0.15) is 0 Å². The first kappa shape index (κ1) is 13.8. The predicted octanol–water partition coefficient (Wildman–Crippen LogP) is 2.08. The Morgan fingerprint density at radius 3 is 2.58 bits per heavy atom. The molecule has 19 heavy (non-hydrogen) atoms. The zero-order chi connectivity index (χ0) is 13.2. The van der Waals surface area contributed by atoms with Crippen LogP contribution in [0.1, 0.15) is 52.4 Å². The van der Waals surface area contributed by atoms with Crippen LogP contribution >= 0.6 is 0 Å². The van der Waals surface area contributed by atoms with E-state index in [1.165, 1.54) is 64.7 Å². The topological polar surface area (TPSA) is 18.5 Å². The second-order valence-electron chi connectivity index (χ2n) is 6.93. The predicted molar refractivity (Wildman–Crippen MR) is 80.5 cm³/mol. The van der Waals surface area contributed by atoms with Gasteiger partial charge in [0, 0.05) is 43.8 Å². The van der Waals surface area contributed by atoms with Crippen molar-refractivity contribution in [3.8, 4) is 0 Å². The molecule has 2 saturated heterocycles. The smallest absolute Gasteiger partial charge is 0.0238 e. The van der Waals surface area contributed by atoms with Crippen LogP contribution in [0.4, 0.5) is 0 Å². The van der Waals surface area contributed by atoms with Gasteiger partial charge in [-0.1, -0.05) is 6.92 Å². The molecule has 0 spiro atoms. The molecule has 0 amide bonds. The summed E-state index contributed by atoms with van der Waals surface area (Å²) in [7, 11) is 0. The molecule has 2 aliphatic heterocycles. The Morgan fingerprint density at radius 1 is 1.05 bits per heavy atom. The van der Waals surface area contributed by atoms with Gasteiger partial charge in [-0.2, -0.15) is 0 Å². The average Bonchev–Trinajstić information content (AvgIpc) is 3.15. The number of rotatable bonds is 5.